The molecule has 0 fully saturated rings. The molecule has 1 heterocycles. The number of nitrogens with one attached hydrogen (secondary N) is 1. The summed E-state index contributed by atoms with van der Waals surface area (Å²) in [6.07, 6.45) is 2.45. The van der Waals surface area contributed by atoms with Crippen LogP contribution in [0.3, 0.4) is 0 Å². The summed E-state index contributed by atoms with van der Waals surface area (Å²) < 4.78 is 15.9. The van der Waals surface area contributed by atoms with Gasteiger partial charge in [0, 0.05) is 18.3 Å². The summed E-state index contributed by atoms with van der Waals surface area (Å²) in [7, 11) is 4.57. The van der Waals surface area contributed by atoms with E-state index in [0.717, 1.165) is 17.7 Å². The lowest BCUT2D eigenvalue weighted by Crippen LogP contribution is -2.29. The van der Waals surface area contributed by atoms with Crippen LogP contribution in [-0.2, 0) is 0 Å². The van der Waals surface area contributed by atoms with Crippen molar-refractivity contribution >= 4 is 5.91 Å². The van der Waals surface area contributed by atoms with Gasteiger partial charge in [0.2, 0.25) is 0 Å². The number of carbonyl (C=O) groups excluding carboxylic acids is 1. The number of aromatic nitrogens is 1. The summed E-state index contributed by atoms with van der Waals surface area (Å²) in [5.74, 6) is 1.14. The zero-order valence-electron chi connectivity index (χ0n) is 15.3. The molecule has 1 amide bonds. The summed E-state index contributed by atoms with van der Waals surface area (Å²) in [5.41, 5.74) is 2.28. The van der Waals surface area contributed by atoms with Gasteiger partial charge in [-0.3, -0.25) is 9.78 Å². The Morgan fingerprint density at radius 2 is 1.76 bits per heavy atom. The third-order valence-corrected chi connectivity index (χ3v) is 4.04. The third kappa shape index (κ3) is 4.02. The number of rotatable bonds is 7. The molecular weight excluding hydrogens is 320 g/mol. The molecule has 1 atom stereocenters. The van der Waals surface area contributed by atoms with Crippen LogP contribution in [0, 0.1) is 6.92 Å². The predicted molar refractivity (Wildman–Crippen MR) is 95.6 cm³/mol. The number of hydrogen-bond acceptors (Lipinski definition) is 5. The normalized spacial score (nSPS) is 11.6. The van der Waals surface area contributed by atoms with Crippen LogP contribution in [-0.4, -0.2) is 32.2 Å². The number of hydrogen-bond donors (Lipinski definition) is 1. The van der Waals surface area contributed by atoms with Crippen LogP contribution >= 0.6 is 0 Å². The molecule has 6 nitrogen and oxygen atoms in total. The number of methoxy groups -OCH3 is 3. The summed E-state index contributed by atoms with van der Waals surface area (Å²) in [4.78, 5) is 17.2. The van der Waals surface area contributed by atoms with Gasteiger partial charge in [0.05, 0.1) is 38.6 Å². The molecule has 0 bridgehead atoms. The number of pyridine rings is 1. The van der Waals surface area contributed by atoms with E-state index in [1.807, 2.05) is 26.0 Å². The zero-order chi connectivity index (χ0) is 18.4. The lowest BCUT2D eigenvalue weighted by atomic mass is 10.0. The molecule has 1 aromatic carbocycles. The number of ether oxygens (including phenoxy) is 3. The monoisotopic (exact) mass is 344 g/mol. The number of carbonyl (C=O) groups is 1. The highest BCUT2D eigenvalue weighted by atomic mass is 16.5. The fourth-order valence-corrected chi connectivity index (χ4v) is 2.67. The maximum absolute atomic E-state index is 12.8. The van der Waals surface area contributed by atoms with Gasteiger partial charge in [-0.25, -0.2) is 0 Å². The van der Waals surface area contributed by atoms with Crippen LogP contribution in [0.25, 0.3) is 0 Å². The molecule has 0 saturated heterocycles. The summed E-state index contributed by atoms with van der Waals surface area (Å²) in [6.45, 7) is 3.99. The second-order valence-electron chi connectivity index (χ2n) is 5.55. The van der Waals surface area contributed by atoms with E-state index in [1.165, 1.54) is 21.3 Å². The van der Waals surface area contributed by atoms with Gasteiger partial charge in [0.15, 0.2) is 11.5 Å². The Balaban J connectivity index is 2.35. The van der Waals surface area contributed by atoms with Crippen LogP contribution in [0.2, 0.25) is 0 Å². The van der Waals surface area contributed by atoms with E-state index in [4.69, 9.17) is 14.2 Å². The van der Waals surface area contributed by atoms with Gasteiger partial charge in [-0.1, -0.05) is 13.0 Å². The Bertz CT molecular complexity index is 746. The van der Waals surface area contributed by atoms with E-state index in [1.54, 1.807) is 18.3 Å². The van der Waals surface area contributed by atoms with Gasteiger partial charge >= 0.3 is 0 Å². The van der Waals surface area contributed by atoms with Gasteiger partial charge in [-0.2, -0.15) is 0 Å². The van der Waals surface area contributed by atoms with Gasteiger partial charge in [-0.05, 0) is 25.0 Å². The van der Waals surface area contributed by atoms with Crippen molar-refractivity contribution in [1.82, 2.24) is 10.3 Å². The van der Waals surface area contributed by atoms with E-state index in [9.17, 15) is 4.79 Å². The molecule has 1 aromatic heterocycles. The highest BCUT2D eigenvalue weighted by molar-refractivity contribution is 5.98. The van der Waals surface area contributed by atoms with Gasteiger partial charge in [0.25, 0.3) is 5.91 Å². The second kappa shape index (κ2) is 8.37. The zero-order valence-corrected chi connectivity index (χ0v) is 15.3. The van der Waals surface area contributed by atoms with Crippen molar-refractivity contribution in [2.24, 2.45) is 0 Å². The van der Waals surface area contributed by atoms with Crippen LogP contribution in [0.1, 0.15) is 41.0 Å². The van der Waals surface area contributed by atoms with Crippen molar-refractivity contribution in [1.29, 1.82) is 0 Å². The summed E-state index contributed by atoms with van der Waals surface area (Å²) in [6, 6.07) is 6.93. The highest BCUT2D eigenvalue weighted by Crippen LogP contribution is 2.35. The van der Waals surface area contributed by atoms with Crippen molar-refractivity contribution < 1.29 is 19.0 Å². The minimum atomic E-state index is -0.255. The van der Waals surface area contributed by atoms with E-state index in [-0.39, 0.29) is 11.9 Å². The molecule has 6 heteroatoms. The Kier molecular flexibility index (Phi) is 6.22. The Morgan fingerprint density at radius 3 is 2.32 bits per heavy atom. The molecule has 0 saturated carbocycles. The van der Waals surface area contributed by atoms with Crippen LogP contribution < -0.4 is 19.5 Å². The van der Waals surface area contributed by atoms with E-state index < -0.39 is 0 Å². The lowest BCUT2D eigenvalue weighted by Gasteiger charge is -2.20. The number of amides is 1. The molecule has 0 spiro atoms. The van der Waals surface area contributed by atoms with Crippen molar-refractivity contribution in [2.45, 2.75) is 26.3 Å². The molecule has 0 aliphatic rings. The standard InChI is InChI=1S/C19H24N2O4/c1-6-14(18-12(2)8-7-9-20-18)21-19(22)13-10-16(24-4)17(25-5)11-15(13)23-3/h7-11,14H,6H2,1-5H3,(H,21,22). The van der Waals surface area contributed by atoms with Crippen LogP contribution in [0.15, 0.2) is 30.5 Å². The molecule has 134 valence electrons. The molecule has 0 aliphatic heterocycles. The van der Waals surface area contributed by atoms with Crippen LogP contribution in [0.5, 0.6) is 17.2 Å². The number of benzene rings is 1. The van der Waals surface area contributed by atoms with E-state index in [0.29, 0.717) is 22.8 Å². The van der Waals surface area contributed by atoms with Crippen molar-refractivity contribution in [2.75, 3.05) is 21.3 Å². The molecule has 1 unspecified atom stereocenters. The molecule has 1 N–H and O–H groups in total. The van der Waals surface area contributed by atoms with Gasteiger partial charge in [-0.15, -0.1) is 0 Å². The Labute approximate surface area is 148 Å². The molecular formula is C19H24N2O4. The molecule has 0 radical (unpaired) electrons. The molecule has 0 aliphatic carbocycles. The summed E-state index contributed by atoms with van der Waals surface area (Å²) in [5, 5.41) is 3.03. The highest BCUT2D eigenvalue weighted by Gasteiger charge is 2.21. The first-order valence-electron chi connectivity index (χ1n) is 8.08. The largest absolute Gasteiger partial charge is 0.496 e. The Morgan fingerprint density at radius 1 is 1.12 bits per heavy atom. The molecule has 2 rings (SSSR count). The fraction of sp³-hybridized carbons (Fsp3) is 0.368. The lowest BCUT2D eigenvalue weighted by molar-refractivity contribution is 0.0931. The SMILES string of the molecule is CCC(NC(=O)c1cc(OC)c(OC)cc1OC)c1ncccc1C. The molecule has 2 aromatic rings. The maximum Gasteiger partial charge on any atom is 0.255 e. The van der Waals surface area contributed by atoms with Crippen molar-refractivity contribution in [3.05, 3.63) is 47.3 Å². The average molecular weight is 344 g/mol. The predicted octanol–water partition coefficient (Wildman–Crippen LogP) is 3.30. The first kappa shape index (κ1) is 18.6. The topological polar surface area (TPSA) is 69.7 Å². The van der Waals surface area contributed by atoms with Crippen molar-refractivity contribution in [3.63, 3.8) is 0 Å². The first-order valence-corrected chi connectivity index (χ1v) is 8.08. The number of nitrogens with zero attached hydrogens (tertiary/aromatic N) is 1. The number of aryl methyl sites for hydroxylation is 1. The smallest absolute Gasteiger partial charge is 0.255 e. The Hall–Kier alpha value is -2.76. The fourth-order valence-electron chi connectivity index (χ4n) is 2.67. The van der Waals surface area contributed by atoms with Gasteiger partial charge in [0.1, 0.15) is 5.75 Å². The van der Waals surface area contributed by atoms with Crippen LogP contribution in [0.4, 0.5) is 0 Å². The van der Waals surface area contributed by atoms with E-state index >= 15 is 0 Å². The van der Waals surface area contributed by atoms with Crippen molar-refractivity contribution in [3.8, 4) is 17.2 Å². The van der Waals surface area contributed by atoms with Gasteiger partial charge < -0.3 is 19.5 Å². The minimum Gasteiger partial charge on any atom is -0.496 e. The third-order valence-electron chi connectivity index (χ3n) is 4.04. The van der Waals surface area contributed by atoms with E-state index in [2.05, 4.69) is 10.3 Å². The summed E-state index contributed by atoms with van der Waals surface area (Å²) >= 11 is 0. The average Bonchev–Trinajstić information content (AvgIpc) is 2.65. The minimum absolute atomic E-state index is 0.188. The quantitative estimate of drug-likeness (QED) is 0.834. The first-order chi connectivity index (χ1) is 12.0. The molecule has 25 heavy (non-hydrogen) atoms. The maximum atomic E-state index is 12.8. The second-order valence-corrected chi connectivity index (χ2v) is 5.55.